The number of primary sulfonamides is 1. The summed E-state index contributed by atoms with van der Waals surface area (Å²) in [5.74, 6) is 0.406. The van der Waals surface area contributed by atoms with Gasteiger partial charge in [-0.25, -0.2) is 13.6 Å². The van der Waals surface area contributed by atoms with E-state index in [1.54, 1.807) is 19.1 Å². The number of fused-ring (bicyclic) bond motifs is 1. The van der Waals surface area contributed by atoms with Gasteiger partial charge < -0.3 is 10.1 Å². The summed E-state index contributed by atoms with van der Waals surface area (Å²) < 4.78 is 28.5. The first-order valence-electron chi connectivity index (χ1n) is 8.49. The highest BCUT2D eigenvalue weighted by Gasteiger charge is 2.15. The van der Waals surface area contributed by atoms with Crippen LogP contribution in [0.25, 0.3) is 0 Å². The number of sulfonamides is 1. The number of aryl methyl sites for hydroxylation is 2. The Balaban J connectivity index is 1.58. The largest absolute Gasteiger partial charge is 0.484 e. The minimum atomic E-state index is -3.78. The van der Waals surface area contributed by atoms with E-state index in [-0.39, 0.29) is 23.5 Å². The van der Waals surface area contributed by atoms with Crippen LogP contribution in [-0.4, -0.2) is 20.9 Å². The number of ether oxygens (including phenoxy) is 1. The van der Waals surface area contributed by atoms with Crippen molar-refractivity contribution in [1.82, 2.24) is 5.32 Å². The molecule has 0 heterocycles. The first-order valence-corrected chi connectivity index (χ1v) is 10.0. The van der Waals surface area contributed by atoms with E-state index in [0.717, 1.165) is 19.3 Å². The lowest BCUT2D eigenvalue weighted by Gasteiger charge is -2.15. The number of hydrogen-bond acceptors (Lipinski definition) is 4. The first-order chi connectivity index (χ1) is 12.3. The van der Waals surface area contributed by atoms with E-state index in [0.29, 0.717) is 11.3 Å². The fourth-order valence-corrected chi connectivity index (χ4v) is 3.68. The summed E-state index contributed by atoms with van der Waals surface area (Å²) in [7, 11) is -3.78. The molecule has 1 atom stereocenters. The topological polar surface area (TPSA) is 98.5 Å². The van der Waals surface area contributed by atoms with Gasteiger partial charge in [-0.3, -0.25) is 4.79 Å². The minimum Gasteiger partial charge on any atom is -0.484 e. The standard InChI is InChI=1S/C19H22N2O4S/c1-13(15-5-3-7-18(11-15)26(20,23)24)21-19(22)12-25-17-9-8-14-4-2-6-16(14)10-17/h3,5,7-11,13H,2,4,6,12H2,1H3,(H,21,22)(H2,20,23,24). The van der Waals surface area contributed by atoms with Gasteiger partial charge in [0.1, 0.15) is 5.75 Å². The van der Waals surface area contributed by atoms with Crippen LogP contribution in [0.5, 0.6) is 5.75 Å². The van der Waals surface area contributed by atoms with Gasteiger partial charge in [0.25, 0.3) is 5.91 Å². The van der Waals surface area contributed by atoms with Crippen molar-refractivity contribution in [3.8, 4) is 5.75 Å². The number of carbonyl (C=O) groups excluding carboxylic acids is 1. The molecule has 1 aliphatic carbocycles. The molecule has 1 amide bonds. The monoisotopic (exact) mass is 374 g/mol. The van der Waals surface area contributed by atoms with Crippen molar-refractivity contribution < 1.29 is 17.9 Å². The van der Waals surface area contributed by atoms with E-state index >= 15 is 0 Å². The molecule has 0 aromatic heterocycles. The number of rotatable bonds is 6. The third-order valence-electron chi connectivity index (χ3n) is 4.50. The Morgan fingerprint density at radius 3 is 2.73 bits per heavy atom. The molecule has 0 saturated heterocycles. The number of nitrogens with two attached hydrogens (primary N) is 1. The fraction of sp³-hybridized carbons (Fsp3) is 0.316. The molecule has 1 unspecified atom stereocenters. The highest BCUT2D eigenvalue weighted by molar-refractivity contribution is 7.89. The molecule has 3 N–H and O–H groups in total. The van der Waals surface area contributed by atoms with Crippen LogP contribution in [0.15, 0.2) is 47.4 Å². The van der Waals surface area contributed by atoms with Crippen LogP contribution >= 0.6 is 0 Å². The maximum atomic E-state index is 12.1. The van der Waals surface area contributed by atoms with Gasteiger partial charge in [0.05, 0.1) is 10.9 Å². The molecule has 0 aliphatic heterocycles. The van der Waals surface area contributed by atoms with Gasteiger partial charge in [-0.2, -0.15) is 0 Å². The molecule has 0 fully saturated rings. The molecule has 1 aliphatic rings. The normalized spacial score (nSPS) is 14.5. The van der Waals surface area contributed by atoms with Crippen molar-refractivity contribution in [2.75, 3.05) is 6.61 Å². The van der Waals surface area contributed by atoms with Gasteiger partial charge >= 0.3 is 0 Å². The van der Waals surface area contributed by atoms with Crippen molar-refractivity contribution in [1.29, 1.82) is 0 Å². The summed E-state index contributed by atoms with van der Waals surface area (Å²) in [6.45, 7) is 1.67. The number of amides is 1. The second kappa shape index (κ2) is 7.47. The highest BCUT2D eigenvalue weighted by atomic mass is 32.2. The van der Waals surface area contributed by atoms with Crippen LogP contribution in [-0.2, 0) is 27.7 Å². The van der Waals surface area contributed by atoms with E-state index in [1.807, 2.05) is 12.1 Å². The summed E-state index contributed by atoms with van der Waals surface area (Å²) in [6, 6.07) is 11.8. The van der Waals surface area contributed by atoms with Gasteiger partial charge in [0.15, 0.2) is 6.61 Å². The second-order valence-corrected chi connectivity index (χ2v) is 8.04. The average Bonchev–Trinajstić information content (AvgIpc) is 3.07. The SMILES string of the molecule is CC(NC(=O)COc1ccc2c(c1)CCC2)c1cccc(S(N)(=O)=O)c1. The Hall–Kier alpha value is -2.38. The predicted molar refractivity (Wildman–Crippen MR) is 98.3 cm³/mol. The molecule has 6 nitrogen and oxygen atoms in total. The average molecular weight is 374 g/mol. The van der Waals surface area contributed by atoms with Crippen molar-refractivity contribution in [3.63, 3.8) is 0 Å². The molecule has 138 valence electrons. The molecule has 0 radical (unpaired) electrons. The molecular weight excluding hydrogens is 352 g/mol. The van der Waals surface area contributed by atoms with E-state index < -0.39 is 10.0 Å². The third-order valence-corrected chi connectivity index (χ3v) is 5.42. The Morgan fingerprint density at radius 2 is 1.96 bits per heavy atom. The van der Waals surface area contributed by atoms with E-state index in [1.165, 1.54) is 23.3 Å². The zero-order valence-electron chi connectivity index (χ0n) is 14.6. The fourth-order valence-electron chi connectivity index (χ4n) is 3.11. The molecule has 2 aromatic carbocycles. The molecule has 2 aromatic rings. The van der Waals surface area contributed by atoms with Crippen molar-refractivity contribution in [2.45, 2.75) is 37.1 Å². The van der Waals surface area contributed by atoms with Crippen LogP contribution in [0.4, 0.5) is 0 Å². The predicted octanol–water partition coefficient (Wildman–Crippen LogP) is 2.08. The zero-order valence-corrected chi connectivity index (χ0v) is 15.4. The lowest BCUT2D eigenvalue weighted by atomic mass is 10.1. The van der Waals surface area contributed by atoms with Crippen LogP contribution in [0, 0.1) is 0 Å². The van der Waals surface area contributed by atoms with Crippen LogP contribution in [0.2, 0.25) is 0 Å². The maximum absolute atomic E-state index is 12.1. The maximum Gasteiger partial charge on any atom is 0.258 e. The first kappa shape index (κ1) is 18.4. The van der Waals surface area contributed by atoms with Crippen LogP contribution in [0.3, 0.4) is 0 Å². The summed E-state index contributed by atoms with van der Waals surface area (Å²) in [5.41, 5.74) is 3.30. The molecule has 26 heavy (non-hydrogen) atoms. The summed E-state index contributed by atoms with van der Waals surface area (Å²) in [4.78, 5) is 12.2. The number of benzene rings is 2. The minimum absolute atomic E-state index is 0.0190. The van der Waals surface area contributed by atoms with Gasteiger partial charge in [-0.05, 0) is 67.1 Å². The number of carbonyl (C=O) groups is 1. The number of hydrogen-bond donors (Lipinski definition) is 2. The molecule has 3 rings (SSSR count). The quantitative estimate of drug-likeness (QED) is 0.809. The molecule has 7 heteroatoms. The Labute approximate surface area is 153 Å². The van der Waals surface area contributed by atoms with Crippen LogP contribution in [0.1, 0.15) is 36.1 Å². The van der Waals surface area contributed by atoms with Crippen molar-refractivity contribution in [2.24, 2.45) is 5.14 Å². The van der Waals surface area contributed by atoms with Gasteiger partial charge in [-0.15, -0.1) is 0 Å². The molecule has 0 saturated carbocycles. The summed E-state index contributed by atoms with van der Waals surface area (Å²) in [6.07, 6.45) is 3.32. The molecule has 0 spiro atoms. The smallest absolute Gasteiger partial charge is 0.258 e. The van der Waals surface area contributed by atoms with Crippen LogP contribution < -0.4 is 15.2 Å². The summed E-state index contributed by atoms with van der Waals surface area (Å²) >= 11 is 0. The van der Waals surface area contributed by atoms with Gasteiger partial charge in [0, 0.05) is 0 Å². The lowest BCUT2D eigenvalue weighted by molar-refractivity contribution is -0.123. The zero-order chi connectivity index (χ0) is 18.7. The molecule has 0 bridgehead atoms. The van der Waals surface area contributed by atoms with Gasteiger partial charge in [0.2, 0.25) is 10.0 Å². The van der Waals surface area contributed by atoms with Gasteiger partial charge in [-0.1, -0.05) is 18.2 Å². The Kier molecular flexibility index (Phi) is 5.29. The second-order valence-electron chi connectivity index (χ2n) is 6.48. The van der Waals surface area contributed by atoms with Crippen molar-refractivity contribution in [3.05, 3.63) is 59.2 Å². The van der Waals surface area contributed by atoms with E-state index in [9.17, 15) is 13.2 Å². The Morgan fingerprint density at radius 1 is 1.19 bits per heavy atom. The lowest BCUT2D eigenvalue weighted by Crippen LogP contribution is -2.31. The number of nitrogens with one attached hydrogen (secondary N) is 1. The van der Waals surface area contributed by atoms with E-state index in [2.05, 4.69) is 11.4 Å². The molecular formula is C19H22N2O4S. The highest BCUT2D eigenvalue weighted by Crippen LogP contribution is 2.26. The summed E-state index contributed by atoms with van der Waals surface area (Å²) in [5, 5.41) is 7.94. The van der Waals surface area contributed by atoms with E-state index in [4.69, 9.17) is 9.88 Å². The Bertz CT molecular complexity index is 925. The van der Waals surface area contributed by atoms with Crippen molar-refractivity contribution >= 4 is 15.9 Å². The third kappa shape index (κ3) is 4.42.